The molecule has 0 saturated carbocycles. The molecule has 7 nitrogen and oxygen atoms in total. The molecule has 0 aliphatic carbocycles. The van der Waals surface area contributed by atoms with Gasteiger partial charge in [0.25, 0.3) is 5.56 Å². The number of aromatic nitrogens is 2. The minimum absolute atomic E-state index is 0.0805. The van der Waals surface area contributed by atoms with E-state index < -0.39 is 11.8 Å². The maximum absolute atomic E-state index is 13.2. The summed E-state index contributed by atoms with van der Waals surface area (Å²) < 4.78 is 20.4. The van der Waals surface area contributed by atoms with Gasteiger partial charge in [-0.15, -0.1) is 0 Å². The first kappa shape index (κ1) is 21.3. The highest BCUT2D eigenvalue weighted by Crippen LogP contribution is 2.20. The van der Waals surface area contributed by atoms with E-state index in [9.17, 15) is 14.0 Å². The van der Waals surface area contributed by atoms with Crippen molar-refractivity contribution in [1.29, 1.82) is 0 Å². The standard InChI is InChI=1S/C23H18ClFN4O3/c1-14-2-9-21-26-17(11-22(30)29(21)12-14)13-32-18-6-3-15(4-7-18)27-23(31)28-16-5-8-20(25)19(24)10-16/h2-12H,13H2,1H3,(H2,27,28,31). The number of hydrogen-bond acceptors (Lipinski definition) is 4. The van der Waals surface area contributed by atoms with Gasteiger partial charge in [-0.1, -0.05) is 17.7 Å². The lowest BCUT2D eigenvalue weighted by molar-refractivity contribution is 0.262. The quantitative estimate of drug-likeness (QED) is 0.445. The third-order valence-electron chi connectivity index (χ3n) is 4.54. The van der Waals surface area contributed by atoms with Gasteiger partial charge in [-0.25, -0.2) is 14.2 Å². The van der Waals surface area contributed by atoms with Crippen LogP contribution in [0.1, 0.15) is 11.3 Å². The number of rotatable bonds is 5. The summed E-state index contributed by atoms with van der Waals surface area (Å²) in [5.41, 5.74) is 2.75. The highest BCUT2D eigenvalue weighted by atomic mass is 35.5. The molecule has 9 heteroatoms. The molecule has 0 aliphatic rings. The van der Waals surface area contributed by atoms with Crippen LogP contribution in [0.5, 0.6) is 5.75 Å². The fourth-order valence-electron chi connectivity index (χ4n) is 2.99. The highest BCUT2D eigenvalue weighted by Gasteiger charge is 2.07. The maximum atomic E-state index is 13.2. The number of benzene rings is 2. The molecule has 162 valence electrons. The van der Waals surface area contributed by atoms with Gasteiger partial charge in [-0.05, 0) is 61.0 Å². The number of aryl methyl sites for hydroxylation is 1. The second-order valence-electron chi connectivity index (χ2n) is 7.04. The lowest BCUT2D eigenvalue weighted by atomic mass is 10.3. The normalized spacial score (nSPS) is 10.7. The molecule has 0 unspecified atom stereocenters. The van der Waals surface area contributed by atoms with Gasteiger partial charge >= 0.3 is 6.03 Å². The van der Waals surface area contributed by atoms with Crippen LogP contribution >= 0.6 is 11.6 Å². The van der Waals surface area contributed by atoms with Crippen molar-refractivity contribution in [3.8, 4) is 5.75 Å². The minimum atomic E-state index is -0.563. The summed E-state index contributed by atoms with van der Waals surface area (Å²) in [5.74, 6) is -0.0143. The lowest BCUT2D eigenvalue weighted by Gasteiger charge is -2.10. The molecule has 0 spiro atoms. The Labute approximate surface area is 187 Å². The molecule has 32 heavy (non-hydrogen) atoms. The van der Waals surface area contributed by atoms with Crippen molar-refractivity contribution >= 4 is 34.7 Å². The minimum Gasteiger partial charge on any atom is -0.487 e. The summed E-state index contributed by atoms with van der Waals surface area (Å²) in [7, 11) is 0. The fourth-order valence-corrected chi connectivity index (χ4v) is 3.17. The van der Waals surface area contributed by atoms with Crippen molar-refractivity contribution in [2.45, 2.75) is 13.5 Å². The average molecular weight is 453 g/mol. The topological polar surface area (TPSA) is 84.7 Å². The Hall–Kier alpha value is -3.91. The number of ether oxygens (including phenoxy) is 1. The van der Waals surface area contributed by atoms with Gasteiger partial charge in [-0.2, -0.15) is 0 Å². The average Bonchev–Trinajstić information content (AvgIpc) is 2.76. The monoisotopic (exact) mass is 452 g/mol. The molecule has 0 radical (unpaired) electrons. The number of anilines is 2. The number of fused-ring (bicyclic) bond motifs is 1. The molecule has 0 atom stereocenters. The van der Waals surface area contributed by atoms with Gasteiger partial charge in [0.1, 0.15) is 23.8 Å². The van der Waals surface area contributed by atoms with Crippen molar-refractivity contribution in [2.24, 2.45) is 0 Å². The van der Waals surface area contributed by atoms with Gasteiger partial charge in [0.15, 0.2) is 0 Å². The van der Waals surface area contributed by atoms with E-state index in [1.54, 1.807) is 36.5 Å². The van der Waals surface area contributed by atoms with E-state index in [-0.39, 0.29) is 17.2 Å². The van der Waals surface area contributed by atoms with Crippen molar-refractivity contribution < 1.29 is 13.9 Å². The Morgan fingerprint density at radius 3 is 2.53 bits per heavy atom. The third kappa shape index (κ3) is 5.04. The maximum Gasteiger partial charge on any atom is 0.323 e. The van der Waals surface area contributed by atoms with Crippen LogP contribution in [0.15, 0.2) is 71.7 Å². The molecule has 0 fully saturated rings. The van der Waals surface area contributed by atoms with E-state index in [1.165, 1.54) is 28.7 Å². The van der Waals surface area contributed by atoms with Crippen LogP contribution in [0, 0.1) is 12.7 Å². The number of halogens is 2. The fraction of sp³-hybridized carbons (Fsp3) is 0.0870. The second-order valence-corrected chi connectivity index (χ2v) is 7.45. The smallest absolute Gasteiger partial charge is 0.323 e. The van der Waals surface area contributed by atoms with E-state index in [0.717, 1.165) is 5.56 Å². The molecule has 2 aromatic carbocycles. The number of nitrogens with zero attached hydrogens (tertiary/aromatic N) is 2. The highest BCUT2D eigenvalue weighted by molar-refractivity contribution is 6.31. The predicted molar refractivity (Wildman–Crippen MR) is 121 cm³/mol. The summed E-state index contributed by atoms with van der Waals surface area (Å²) in [5, 5.41) is 5.15. The zero-order valence-corrected chi connectivity index (χ0v) is 17.7. The molecular formula is C23H18ClFN4O3. The molecule has 4 aromatic rings. The zero-order valence-electron chi connectivity index (χ0n) is 16.9. The predicted octanol–water partition coefficient (Wildman–Crippen LogP) is 5.02. The first-order valence-corrected chi connectivity index (χ1v) is 10.00. The van der Waals surface area contributed by atoms with Crippen LogP contribution < -0.4 is 20.9 Å². The molecule has 0 saturated heterocycles. The number of urea groups is 1. The largest absolute Gasteiger partial charge is 0.487 e. The zero-order chi connectivity index (χ0) is 22.7. The van der Waals surface area contributed by atoms with Gasteiger partial charge in [0, 0.05) is 23.6 Å². The van der Waals surface area contributed by atoms with Crippen LogP contribution in [-0.2, 0) is 6.61 Å². The first-order chi connectivity index (χ1) is 15.4. The van der Waals surface area contributed by atoms with Crippen LogP contribution in [-0.4, -0.2) is 15.4 Å². The van der Waals surface area contributed by atoms with Crippen LogP contribution in [0.3, 0.4) is 0 Å². The molecule has 4 rings (SSSR count). The number of pyridine rings is 1. The lowest BCUT2D eigenvalue weighted by Crippen LogP contribution is -2.19. The Morgan fingerprint density at radius 2 is 1.78 bits per heavy atom. The number of amides is 2. The molecule has 0 bridgehead atoms. The second kappa shape index (κ2) is 9.07. The van der Waals surface area contributed by atoms with Gasteiger partial charge in [-0.3, -0.25) is 9.20 Å². The first-order valence-electron chi connectivity index (χ1n) is 9.62. The Kier molecular flexibility index (Phi) is 6.04. The van der Waals surface area contributed by atoms with E-state index in [1.807, 2.05) is 13.0 Å². The van der Waals surface area contributed by atoms with Crippen molar-refractivity contribution in [2.75, 3.05) is 10.6 Å². The molecule has 2 aromatic heterocycles. The van der Waals surface area contributed by atoms with Crippen molar-refractivity contribution in [3.05, 3.63) is 99.3 Å². The molecule has 2 N–H and O–H groups in total. The van der Waals surface area contributed by atoms with Crippen molar-refractivity contribution in [1.82, 2.24) is 9.38 Å². The summed E-state index contributed by atoms with van der Waals surface area (Å²) >= 11 is 5.71. The van der Waals surface area contributed by atoms with Crippen LogP contribution in [0.4, 0.5) is 20.6 Å². The van der Waals surface area contributed by atoms with Gasteiger partial charge < -0.3 is 15.4 Å². The number of carbonyl (C=O) groups excluding carboxylic acids is 1. The Bertz CT molecular complexity index is 1360. The van der Waals surface area contributed by atoms with Gasteiger partial charge in [0.05, 0.1) is 10.7 Å². The van der Waals surface area contributed by atoms with Crippen molar-refractivity contribution in [3.63, 3.8) is 0 Å². The SMILES string of the molecule is Cc1ccc2nc(COc3ccc(NC(=O)Nc4ccc(F)c(Cl)c4)cc3)cc(=O)n2c1. The summed E-state index contributed by atoms with van der Waals surface area (Å²) in [4.78, 5) is 28.8. The van der Waals surface area contributed by atoms with E-state index in [2.05, 4.69) is 15.6 Å². The Balaban J connectivity index is 1.36. The third-order valence-corrected chi connectivity index (χ3v) is 4.83. The number of hydrogen-bond donors (Lipinski definition) is 2. The van der Waals surface area contributed by atoms with Crippen LogP contribution in [0.2, 0.25) is 5.02 Å². The number of carbonyl (C=O) groups is 1. The van der Waals surface area contributed by atoms with E-state index in [0.29, 0.717) is 28.5 Å². The summed E-state index contributed by atoms with van der Waals surface area (Å²) in [6, 6.07) is 15.2. The summed E-state index contributed by atoms with van der Waals surface area (Å²) in [6.07, 6.45) is 1.74. The van der Waals surface area contributed by atoms with E-state index >= 15 is 0 Å². The Morgan fingerprint density at radius 1 is 1.06 bits per heavy atom. The van der Waals surface area contributed by atoms with E-state index in [4.69, 9.17) is 16.3 Å². The number of nitrogens with one attached hydrogen (secondary N) is 2. The molecule has 2 heterocycles. The molecule has 0 aliphatic heterocycles. The molecule has 2 amide bonds. The van der Waals surface area contributed by atoms with Gasteiger partial charge in [0.2, 0.25) is 0 Å². The summed E-state index contributed by atoms with van der Waals surface area (Å²) in [6.45, 7) is 2.03. The molecular weight excluding hydrogens is 435 g/mol. The van der Waals surface area contributed by atoms with Crippen LogP contribution in [0.25, 0.3) is 5.65 Å².